The van der Waals surface area contributed by atoms with Crippen LogP contribution < -0.4 is 11.1 Å². The van der Waals surface area contributed by atoms with E-state index in [2.05, 4.69) is 24.1 Å². The largest absolute Gasteiger partial charge is 0.397 e. The molecular formula is C11H18ClN3S. The highest BCUT2D eigenvalue weighted by molar-refractivity contribution is 7.99. The van der Waals surface area contributed by atoms with Gasteiger partial charge in [0.05, 0.1) is 16.9 Å². The third-order valence-corrected chi connectivity index (χ3v) is 3.37. The average molecular weight is 260 g/mol. The zero-order valence-corrected chi connectivity index (χ0v) is 11.2. The van der Waals surface area contributed by atoms with Gasteiger partial charge in [-0.2, -0.15) is 11.8 Å². The van der Waals surface area contributed by atoms with Gasteiger partial charge in [0.15, 0.2) is 0 Å². The molecule has 1 heterocycles. The third kappa shape index (κ3) is 4.49. The van der Waals surface area contributed by atoms with Gasteiger partial charge in [-0.05, 0) is 30.9 Å². The molecular weight excluding hydrogens is 242 g/mol. The van der Waals surface area contributed by atoms with E-state index in [9.17, 15) is 0 Å². The Morgan fingerprint density at radius 2 is 2.38 bits per heavy atom. The first-order valence-electron chi connectivity index (χ1n) is 5.38. The summed E-state index contributed by atoms with van der Waals surface area (Å²) in [7, 11) is 0. The fourth-order valence-electron chi connectivity index (χ4n) is 1.27. The summed E-state index contributed by atoms with van der Waals surface area (Å²) in [5.41, 5.74) is 6.17. The molecule has 0 aromatic carbocycles. The van der Waals surface area contributed by atoms with E-state index in [1.807, 2.05) is 11.8 Å². The number of aromatic nitrogens is 1. The molecule has 0 saturated carbocycles. The lowest BCUT2D eigenvalue weighted by Gasteiger charge is -2.15. The lowest BCUT2D eigenvalue weighted by Crippen LogP contribution is -2.17. The number of nitrogen functional groups attached to an aromatic ring is 1. The summed E-state index contributed by atoms with van der Waals surface area (Å²) >= 11 is 7.96. The van der Waals surface area contributed by atoms with E-state index in [4.69, 9.17) is 17.3 Å². The normalized spacial score (nSPS) is 12.4. The minimum absolute atomic E-state index is 0.368. The quantitative estimate of drug-likeness (QED) is 0.770. The molecule has 1 atom stereocenters. The molecule has 0 spiro atoms. The van der Waals surface area contributed by atoms with Crippen molar-refractivity contribution in [2.45, 2.75) is 26.3 Å². The van der Waals surface area contributed by atoms with Gasteiger partial charge in [-0.25, -0.2) is 4.98 Å². The first kappa shape index (κ1) is 13.5. The Morgan fingerprint density at radius 3 is 3.00 bits per heavy atom. The fourth-order valence-corrected chi connectivity index (χ4v) is 2.31. The summed E-state index contributed by atoms with van der Waals surface area (Å²) < 4.78 is 0. The smallest absolute Gasteiger partial charge is 0.145 e. The van der Waals surface area contributed by atoms with E-state index in [-0.39, 0.29) is 0 Å². The molecule has 1 aromatic heterocycles. The number of anilines is 2. The van der Waals surface area contributed by atoms with Crippen molar-refractivity contribution in [1.29, 1.82) is 0 Å². The van der Waals surface area contributed by atoms with Crippen LogP contribution in [0.25, 0.3) is 0 Å². The molecule has 0 saturated heterocycles. The van der Waals surface area contributed by atoms with Crippen molar-refractivity contribution in [3.8, 4) is 0 Å². The lowest BCUT2D eigenvalue weighted by molar-refractivity contribution is 0.767. The number of thioether (sulfide) groups is 1. The van der Waals surface area contributed by atoms with Crippen molar-refractivity contribution in [2.24, 2.45) is 0 Å². The van der Waals surface area contributed by atoms with Crippen LogP contribution in [0, 0.1) is 0 Å². The maximum Gasteiger partial charge on any atom is 0.145 e. The van der Waals surface area contributed by atoms with Crippen LogP contribution in [0.1, 0.15) is 20.3 Å². The number of halogens is 1. The molecule has 0 fully saturated rings. The predicted octanol–water partition coefficient (Wildman–Crippen LogP) is 3.26. The number of nitrogens with zero attached hydrogens (tertiary/aromatic N) is 1. The van der Waals surface area contributed by atoms with Gasteiger partial charge in [-0.3, -0.25) is 0 Å². The van der Waals surface area contributed by atoms with Crippen LogP contribution in [0.15, 0.2) is 12.3 Å². The minimum atomic E-state index is 0.368. The van der Waals surface area contributed by atoms with Crippen LogP contribution in [0.3, 0.4) is 0 Å². The van der Waals surface area contributed by atoms with Gasteiger partial charge < -0.3 is 11.1 Å². The van der Waals surface area contributed by atoms with E-state index >= 15 is 0 Å². The lowest BCUT2D eigenvalue weighted by atomic mass is 10.2. The zero-order chi connectivity index (χ0) is 12.0. The van der Waals surface area contributed by atoms with Crippen LogP contribution in [-0.4, -0.2) is 22.5 Å². The fraction of sp³-hybridized carbons (Fsp3) is 0.545. The predicted molar refractivity (Wildman–Crippen MR) is 74.4 cm³/mol. The monoisotopic (exact) mass is 259 g/mol. The third-order valence-electron chi connectivity index (χ3n) is 2.14. The van der Waals surface area contributed by atoms with Crippen molar-refractivity contribution < 1.29 is 0 Å². The molecule has 0 aliphatic rings. The molecule has 0 aliphatic heterocycles. The molecule has 0 aliphatic carbocycles. The van der Waals surface area contributed by atoms with Crippen LogP contribution in [0.4, 0.5) is 11.5 Å². The highest BCUT2D eigenvalue weighted by Gasteiger charge is 2.06. The van der Waals surface area contributed by atoms with Gasteiger partial charge in [0.2, 0.25) is 0 Å². The van der Waals surface area contributed by atoms with Gasteiger partial charge in [-0.1, -0.05) is 18.5 Å². The number of rotatable bonds is 6. The topological polar surface area (TPSA) is 50.9 Å². The Morgan fingerprint density at radius 1 is 1.62 bits per heavy atom. The van der Waals surface area contributed by atoms with Crippen molar-refractivity contribution in [1.82, 2.24) is 4.98 Å². The van der Waals surface area contributed by atoms with E-state index in [0.29, 0.717) is 22.6 Å². The summed E-state index contributed by atoms with van der Waals surface area (Å²) in [6, 6.07) is 2.08. The average Bonchev–Trinajstić information content (AvgIpc) is 2.23. The first-order valence-corrected chi connectivity index (χ1v) is 6.92. The highest BCUT2D eigenvalue weighted by Crippen LogP contribution is 2.22. The second-order valence-corrected chi connectivity index (χ2v) is 5.43. The molecule has 90 valence electrons. The summed E-state index contributed by atoms with van der Waals surface area (Å²) in [6.45, 7) is 4.30. The molecule has 0 amide bonds. The second kappa shape index (κ2) is 6.86. The molecule has 5 heteroatoms. The Hall–Kier alpha value is -0.610. The summed E-state index contributed by atoms with van der Waals surface area (Å²) in [5, 5.41) is 3.86. The van der Waals surface area contributed by atoms with E-state index < -0.39 is 0 Å². The number of pyridine rings is 1. The van der Waals surface area contributed by atoms with Crippen LogP contribution >= 0.6 is 23.4 Å². The number of nitrogens with two attached hydrogens (primary N) is 1. The van der Waals surface area contributed by atoms with Gasteiger partial charge in [-0.15, -0.1) is 0 Å². The van der Waals surface area contributed by atoms with Crippen LogP contribution in [-0.2, 0) is 0 Å². The van der Waals surface area contributed by atoms with Crippen LogP contribution in [0.2, 0.25) is 5.02 Å². The standard InChI is InChI=1S/C11H18ClN3S/c1-3-16-5-4-8(2)15-11-10(12)6-9(13)7-14-11/h6-8H,3-5,13H2,1-2H3,(H,14,15). The highest BCUT2D eigenvalue weighted by atomic mass is 35.5. The molecule has 1 aromatic rings. The molecule has 0 bridgehead atoms. The molecule has 3 N–H and O–H groups in total. The molecule has 1 rings (SSSR count). The number of hydrogen-bond acceptors (Lipinski definition) is 4. The Labute approximate surface area is 106 Å². The van der Waals surface area contributed by atoms with E-state index in [1.54, 1.807) is 12.3 Å². The molecule has 1 unspecified atom stereocenters. The molecule has 0 radical (unpaired) electrons. The van der Waals surface area contributed by atoms with Gasteiger partial charge in [0.1, 0.15) is 5.82 Å². The Balaban J connectivity index is 2.46. The van der Waals surface area contributed by atoms with Crippen molar-refractivity contribution >= 4 is 34.9 Å². The van der Waals surface area contributed by atoms with E-state index in [0.717, 1.165) is 17.9 Å². The number of hydrogen-bond donors (Lipinski definition) is 2. The molecule has 16 heavy (non-hydrogen) atoms. The maximum atomic E-state index is 6.02. The van der Waals surface area contributed by atoms with Crippen molar-refractivity contribution in [3.63, 3.8) is 0 Å². The van der Waals surface area contributed by atoms with Crippen LogP contribution in [0.5, 0.6) is 0 Å². The molecule has 3 nitrogen and oxygen atoms in total. The number of nitrogens with one attached hydrogen (secondary N) is 1. The Bertz CT molecular complexity index is 333. The summed E-state index contributed by atoms with van der Waals surface area (Å²) in [4.78, 5) is 4.17. The maximum absolute atomic E-state index is 6.02. The summed E-state index contributed by atoms with van der Waals surface area (Å²) in [6.07, 6.45) is 2.71. The minimum Gasteiger partial charge on any atom is -0.397 e. The van der Waals surface area contributed by atoms with Crippen molar-refractivity contribution in [2.75, 3.05) is 22.6 Å². The van der Waals surface area contributed by atoms with Gasteiger partial charge in [0.25, 0.3) is 0 Å². The van der Waals surface area contributed by atoms with Gasteiger partial charge in [0, 0.05) is 6.04 Å². The second-order valence-electron chi connectivity index (χ2n) is 3.63. The van der Waals surface area contributed by atoms with Crippen molar-refractivity contribution in [3.05, 3.63) is 17.3 Å². The summed E-state index contributed by atoms with van der Waals surface area (Å²) in [5.74, 6) is 3.02. The SMILES string of the molecule is CCSCCC(C)Nc1ncc(N)cc1Cl. The zero-order valence-electron chi connectivity index (χ0n) is 9.66. The first-order chi connectivity index (χ1) is 7.63. The Kier molecular flexibility index (Phi) is 5.77. The van der Waals surface area contributed by atoms with Gasteiger partial charge >= 0.3 is 0 Å². The van der Waals surface area contributed by atoms with E-state index in [1.165, 1.54) is 0 Å².